The van der Waals surface area contributed by atoms with Crippen molar-refractivity contribution in [3.05, 3.63) is 0 Å². The fraction of sp³-hybridized carbons (Fsp3) is 0.842. The zero-order valence-corrected chi connectivity index (χ0v) is 14.8. The maximum Gasteiger partial charge on any atom is 0.233 e. The van der Waals surface area contributed by atoms with Crippen LogP contribution in [0.5, 0.6) is 0 Å². The summed E-state index contributed by atoms with van der Waals surface area (Å²) in [5.74, 6) is -0.180. The predicted molar refractivity (Wildman–Crippen MR) is 91.0 cm³/mol. The minimum atomic E-state index is -0.109. The molecule has 0 N–H and O–H groups in total. The third-order valence-electron chi connectivity index (χ3n) is 6.16. The first kappa shape index (κ1) is 17.4. The molecule has 0 aromatic carbocycles. The van der Waals surface area contributed by atoms with E-state index < -0.39 is 0 Å². The summed E-state index contributed by atoms with van der Waals surface area (Å²) in [7, 11) is 0. The Morgan fingerprint density at radius 1 is 0.958 bits per heavy atom. The predicted octanol–water partition coefficient (Wildman–Crippen LogP) is 2.73. The van der Waals surface area contributed by atoms with E-state index in [2.05, 4.69) is 0 Å². The van der Waals surface area contributed by atoms with Crippen LogP contribution in [0.2, 0.25) is 0 Å². The van der Waals surface area contributed by atoms with E-state index in [-0.39, 0.29) is 42.5 Å². The van der Waals surface area contributed by atoms with E-state index in [1.54, 1.807) is 0 Å². The van der Waals surface area contributed by atoms with Gasteiger partial charge in [0, 0.05) is 25.6 Å². The summed E-state index contributed by atoms with van der Waals surface area (Å²) < 4.78 is 0. The molecule has 1 saturated heterocycles. The average Bonchev–Trinajstić information content (AvgIpc) is 2.86. The Balaban J connectivity index is 1.57. The van der Waals surface area contributed by atoms with Crippen LogP contribution in [-0.2, 0) is 14.4 Å². The molecule has 134 valence electrons. The van der Waals surface area contributed by atoms with Crippen molar-refractivity contribution in [1.82, 2.24) is 9.80 Å². The molecule has 0 radical (unpaired) electrons. The van der Waals surface area contributed by atoms with Crippen LogP contribution in [0, 0.1) is 11.8 Å². The van der Waals surface area contributed by atoms with E-state index in [1.807, 2.05) is 11.8 Å². The molecule has 3 aliphatic rings. The van der Waals surface area contributed by atoms with Crippen LogP contribution in [-0.4, -0.2) is 46.7 Å². The van der Waals surface area contributed by atoms with Crippen LogP contribution in [0.4, 0.5) is 0 Å². The van der Waals surface area contributed by atoms with Crippen LogP contribution in [0.25, 0.3) is 0 Å². The molecule has 3 fully saturated rings. The van der Waals surface area contributed by atoms with Crippen molar-refractivity contribution >= 4 is 17.7 Å². The van der Waals surface area contributed by atoms with Gasteiger partial charge in [-0.25, -0.2) is 0 Å². The monoisotopic (exact) mass is 334 g/mol. The van der Waals surface area contributed by atoms with E-state index in [0.717, 1.165) is 45.1 Å². The molecule has 2 aliphatic carbocycles. The highest BCUT2D eigenvalue weighted by Crippen LogP contribution is 2.38. The summed E-state index contributed by atoms with van der Waals surface area (Å²) in [4.78, 5) is 41.0. The largest absolute Gasteiger partial charge is 0.340 e. The summed E-state index contributed by atoms with van der Waals surface area (Å²) in [6, 6.07) is 0.351. The summed E-state index contributed by atoms with van der Waals surface area (Å²) in [6.45, 7) is 3.01. The van der Waals surface area contributed by atoms with Crippen LogP contribution < -0.4 is 0 Å². The van der Waals surface area contributed by atoms with Gasteiger partial charge < -0.3 is 4.90 Å². The molecule has 24 heavy (non-hydrogen) atoms. The fourth-order valence-electron chi connectivity index (χ4n) is 4.83. The number of nitrogens with zero attached hydrogens (tertiary/aromatic N) is 2. The molecule has 3 rings (SSSR count). The Bertz CT molecular complexity index is 475. The number of rotatable bonds is 5. The molecule has 2 atom stereocenters. The minimum absolute atomic E-state index is 0.0294. The van der Waals surface area contributed by atoms with Gasteiger partial charge in [0.15, 0.2) is 0 Å². The van der Waals surface area contributed by atoms with Crippen molar-refractivity contribution in [3.8, 4) is 0 Å². The highest BCUT2D eigenvalue weighted by molar-refractivity contribution is 6.05. The maximum absolute atomic E-state index is 12.6. The van der Waals surface area contributed by atoms with Crippen LogP contribution in [0.3, 0.4) is 0 Å². The molecular formula is C19H30N2O3. The normalized spacial score (nSPS) is 28.1. The zero-order valence-electron chi connectivity index (χ0n) is 14.8. The molecule has 0 aromatic rings. The molecule has 0 unspecified atom stereocenters. The Kier molecular flexibility index (Phi) is 5.57. The second-order valence-electron chi connectivity index (χ2n) is 7.55. The average molecular weight is 334 g/mol. The van der Waals surface area contributed by atoms with Crippen molar-refractivity contribution in [1.29, 1.82) is 0 Å². The smallest absolute Gasteiger partial charge is 0.233 e. The van der Waals surface area contributed by atoms with Crippen molar-refractivity contribution in [3.63, 3.8) is 0 Å². The van der Waals surface area contributed by atoms with Crippen molar-refractivity contribution < 1.29 is 14.4 Å². The second-order valence-corrected chi connectivity index (χ2v) is 7.55. The van der Waals surface area contributed by atoms with Gasteiger partial charge in [-0.1, -0.05) is 32.1 Å². The van der Waals surface area contributed by atoms with Crippen molar-refractivity contribution in [2.75, 3.05) is 13.1 Å². The second kappa shape index (κ2) is 7.66. The van der Waals surface area contributed by atoms with Gasteiger partial charge in [-0.3, -0.25) is 19.3 Å². The van der Waals surface area contributed by atoms with E-state index >= 15 is 0 Å². The SMILES string of the molecule is CCN(C(=O)CCN1C(=O)[C@H]2CCCC[C@@H]2C1=O)C1CCCCC1. The first-order chi connectivity index (χ1) is 11.6. The maximum atomic E-state index is 12.6. The van der Waals surface area contributed by atoms with Crippen LogP contribution in [0.15, 0.2) is 0 Å². The summed E-state index contributed by atoms with van der Waals surface area (Å²) >= 11 is 0. The summed E-state index contributed by atoms with van der Waals surface area (Å²) in [5.41, 5.74) is 0. The zero-order chi connectivity index (χ0) is 17.1. The van der Waals surface area contributed by atoms with Crippen molar-refractivity contribution in [2.45, 2.75) is 77.2 Å². The number of amides is 3. The van der Waals surface area contributed by atoms with Gasteiger partial charge in [-0.05, 0) is 32.6 Å². The van der Waals surface area contributed by atoms with Gasteiger partial charge in [0.05, 0.1) is 11.8 Å². The van der Waals surface area contributed by atoms with Gasteiger partial charge in [0.2, 0.25) is 17.7 Å². The van der Waals surface area contributed by atoms with E-state index in [4.69, 9.17) is 0 Å². The highest BCUT2D eigenvalue weighted by atomic mass is 16.2. The molecular weight excluding hydrogens is 304 g/mol. The van der Waals surface area contributed by atoms with E-state index in [9.17, 15) is 14.4 Å². The molecule has 1 aliphatic heterocycles. The Morgan fingerprint density at radius 2 is 1.50 bits per heavy atom. The fourth-order valence-corrected chi connectivity index (χ4v) is 4.83. The summed E-state index contributed by atoms with van der Waals surface area (Å²) in [6.07, 6.45) is 9.86. The van der Waals surface area contributed by atoms with E-state index in [1.165, 1.54) is 24.2 Å². The van der Waals surface area contributed by atoms with Gasteiger partial charge in [-0.2, -0.15) is 0 Å². The van der Waals surface area contributed by atoms with E-state index in [0.29, 0.717) is 6.04 Å². The molecule has 5 heteroatoms. The standard InChI is InChI=1S/C19H30N2O3/c1-2-20(14-8-4-3-5-9-14)17(22)12-13-21-18(23)15-10-6-7-11-16(15)19(21)24/h14-16H,2-13H2,1H3/t15-,16-/m0/s1. The third-order valence-corrected chi connectivity index (χ3v) is 6.16. The van der Waals surface area contributed by atoms with Crippen LogP contribution in [0.1, 0.15) is 71.1 Å². The molecule has 2 saturated carbocycles. The first-order valence-corrected chi connectivity index (χ1v) is 9.78. The third kappa shape index (κ3) is 3.35. The number of hydrogen-bond donors (Lipinski definition) is 0. The van der Waals surface area contributed by atoms with Gasteiger partial charge in [0.25, 0.3) is 0 Å². The Labute approximate surface area is 144 Å². The molecule has 0 bridgehead atoms. The lowest BCUT2D eigenvalue weighted by Crippen LogP contribution is -2.43. The number of fused-ring (bicyclic) bond motifs is 1. The van der Waals surface area contributed by atoms with Gasteiger partial charge >= 0.3 is 0 Å². The lowest BCUT2D eigenvalue weighted by molar-refractivity contribution is -0.141. The van der Waals surface area contributed by atoms with Crippen molar-refractivity contribution in [2.24, 2.45) is 11.8 Å². The van der Waals surface area contributed by atoms with Gasteiger partial charge in [-0.15, -0.1) is 0 Å². The highest BCUT2D eigenvalue weighted by Gasteiger charge is 2.47. The van der Waals surface area contributed by atoms with Crippen LogP contribution >= 0.6 is 0 Å². The lowest BCUT2D eigenvalue weighted by Gasteiger charge is -2.34. The lowest BCUT2D eigenvalue weighted by atomic mass is 9.81. The molecule has 0 spiro atoms. The minimum Gasteiger partial charge on any atom is -0.340 e. The Hall–Kier alpha value is -1.39. The molecule has 0 aromatic heterocycles. The first-order valence-electron chi connectivity index (χ1n) is 9.78. The molecule has 3 amide bonds. The topological polar surface area (TPSA) is 57.7 Å². The number of carbonyl (C=O) groups excluding carboxylic acids is 3. The number of carbonyl (C=O) groups is 3. The number of imide groups is 1. The number of hydrogen-bond acceptors (Lipinski definition) is 3. The number of likely N-dealkylation sites (tertiary alicyclic amines) is 1. The summed E-state index contributed by atoms with van der Waals surface area (Å²) in [5, 5.41) is 0. The molecule has 5 nitrogen and oxygen atoms in total. The Morgan fingerprint density at radius 3 is 2.04 bits per heavy atom. The molecule has 1 heterocycles. The quantitative estimate of drug-likeness (QED) is 0.726. The van der Waals surface area contributed by atoms with Gasteiger partial charge in [0.1, 0.15) is 0 Å².